The predicted octanol–water partition coefficient (Wildman–Crippen LogP) is 3.80. The fourth-order valence-corrected chi connectivity index (χ4v) is 5.38. The Morgan fingerprint density at radius 1 is 1.08 bits per heavy atom. The number of sulfone groups is 1. The highest BCUT2D eigenvalue weighted by atomic mass is 32.2. The maximum absolute atomic E-state index is 13.6. The Hall–Kier alpha value is -3.46. The molecular weight excluding hydrogens is 476 g/mol. The lowest BCUT2D eigenvalue weighted by atomic mass is 9.70. The summed E-state index contributed by atoms with van der Waals surface area (Å²) in [6.45, 7) is 7.35. The zero-order valence-electron chi connectivity index (χ0n) is 21.0. The third-order valence-corrected chi connectivity index (χ3v) is 8.57. The topological polar surface area (TPSA) is 119 Å². The van der Waals surface area contributed by atoms with Crippen LogP contribution >= 0.6 is 0 Å². The van der Waals surface area contributed by atoms with Crippen LogP contribution < -0.4 is 5.32 Å². The Balaban J connectivity index is 1.50. The number of aromatic nitrogens is 3. The van der Waals surface area contributed by atoms with Gasteiger partial charge in [-0.3, -0.25) is 9.59 Å². The van der Waals surface area contributed by atoms with Crippen LogP contribution in [0.25, 0.3) is 0 Å². The van der Waals surface area contributed by atoms with E-state index in [1.165, 1.54) is 12.1 Å². The molecule has 0 bridgehead atoms. The van der Waals surface area contributed by atoms with Gasteiger partial charge in [0.05, 0.1) is 39.6 Å². The van der Waals surface area contributed by atoms with Crippen molar-refractivity contribution in [3.05, 3.63) is 76.2 Å². The molecule has 8 nitrogen and oxygen atoms in total. The van der Waals surface area contributed by atoms with Gasteiger partial charge >= 0.3 is 0 Å². The van der Waals surface area contributed by atoms with Crippen LogP contribution in [0.4, 0.5) is 5.82 Å². The van der Waals surface area contributed by atoms with Gasteiger partial charge in [0.1, 0.15) is 5.82 Å². The molecule has 0 aliphatic heterocycles. The Morgan fingerprint density at radius 2 is 1.81 bits per heavy atom. The lowest BCUT2D eigenvalue weighted by molar-refractivity contribution is -0.115. The zero-order valence-corrected chi connectivity index (χ0v) is 21.8. The summed E-state index contributed by atoms with van der Waals surface area (Å²) >= 11 is 0. The Bertz CT molecular complexity index is 1420. The maximum atomic E-state index is 13.6. The van der Waals surface area contributed by atoms with Crippen LogP contribution in [-0.4, -0.2) is 41.0 Å². The second-order valence-electron chi connectivity index (χ2n) is 9.34. The van der Waals surface area contributed by atoms with Gasteiger partial charge in [-0.25, -0.2) is 13.4 Å². The number of ketones is 1. The molecule has 1 atom stereocenters. The van der Waals surface area contributed by atoms with E-state index in [1.54, 1.807) is 25.1 Å². The van der Waals surface area contributed by atoms with Gasteiger partial charge < -0.3 is 5.32 Å². The van der Waals surface area contributed by atoms with Crippen LogP contribution in [0.15, 0.2) is 47.4 Å². The molecule has 0 saturated carbocycles. The van der Waals surface area contributed by atoms with Gasteiger partial charge in [0.2, 0.25) is 5.91 Å². The van der Waals surface area contributed by atoms with Crippen molar-refractivity contribution in [3.63, 3.8) is 0 Å². The van der Waals surface area contributed by atoms with E-state index < -0.39 is 15.3 Å². The number of Topliss-reactive ketones (excluding diaryl/α,β-unsaturated/α-hetero) is 1. The van der Waals surface area contributed by atoms with Gasteiger partial charge in [-0.05, 0) is 74.6 Å². The van der Waals surface area contributed by atoms with Gasteiger partial charge in [0.15, 0.2) is 15.6 Å². The molecule has 1 aliphatic rings. The Morgan fingerprint density at radius 3 is 2.42 bits per heavy atom. The van der Waals surface area contributed by atoms with Crippen molar-refractivity contribution in [1.29, 1.82) is 0 Å². The number of anilines is 1. The first kappa shape index (κ1) is 25.6. The van der Waals surface area contributed by atoms with E-state index in [1.807, 2.05) is 32.9 Å². The van der Waals surface area contributed by atoms with Gasteiger partial charge in [0, 0.05) is 5.56 Å². The number of rotatable bonds is 7. The number of carbonyl (C=O) groups excluding carboxylic acids is 2. The molecule has 1 N–H and O–H groups in total. The third-order valence-electron chi connectivity index (χ3n) is 6.82. The van der Waals surface area contributed by atoms with Crippen LogP contribution in [0.5, 0.6) is 0 Å². The summed E-state index contributed by atoms with van der Waals surface area (Å²) in [7, 11) is -3.29. The number of pyridine rings is 1. The predicted molar refractivity (Wildman–Crippen MR) is 137 cm³/mol. The average molecular weight is 507 g/mol. The number of nitrogens with one attached hydrogen (secondary N) is 1. The van der Waals surface area contributed by atoms with Crippen LogP contribution in [-0.2, 0) is 39.3 Å². The molecule has 0 fully saturated rings. The summed E-state index contributed by atoms with van der Waals surface area (Å²) in [5, 5.41) is 11.4. The highest BCUT2D eigenvalue weighted by Crippen LogP contribution is 2.38. The van der Waals surface area contributed by atoms with Crippen molar-refractivity contribution in [1.82, 2.24) is 15.2 Å². The van der Waals surface area contributed by atoms with E-state index in [-0.39, 0.29) is 28.8 Å². The van der Waals surface area contributed by atoms with E-state index in [2.05, 4.69) is 20.5 Å². The van der Waals surface area contributed by atoms with Crippen LogP contribution in [0.2, 0.25) is 0 Å². The lowest BCUT2D eigenvalue weighted by Crippen LogP contribution is -2.39. The van der Waals surface area contributed by atoms with Crippen molar-refractivity contribution in [2.75, 3.05) is 11.1 Å². The average Bonchev–Trinajstić information content (AvgIpc) is 2.86. The van der Waals surface area contributed by atoms with E-state index in [9.17, 15) is 18.0 Å². The minimum atomic E-state index is -3.29. The van der Waals surface area contributed by atoms with E-state index in [4.69, 9.17) is 0 Å². The smallest absolute Gasteiger partial charge is 0.229 e. The highest BCUT2D eigenvalue weighted by Gasteiger charge is 2.43. The molecule has 1 aliphatic carbocycles. The normalized spacial score (nSPS) is 17.5. The van der Waals surface area contributed by atoms with Crippen molar-refractivity contribution in [3.8, 4) is 0 Å². The number of carbonyl (C=O) groups is 2. The maximum Gasteiger partial charge on any atom is 0.229 e. The van der Waals surface area contributed by atoms with Gasteiger partial charge in [0.25, 0.3) is 0 Å². The largest absolute Gasteiger partial charge is 0.310 e. The molecule has 1 unspecified atom stereocenters. The molecule has 188 valence electrons. The summed E-state index contributed by atoms with van der Waals surface area (Å²) in [6.07, 6.45) is 1.99. The first-order chi connectivity index (χ1) is 17.1. The van der Waals surface area contributed by atoms with E-state index in [0.717, 1.165) is 17.7 Å². The van der Waals surface area contributed by atoms with Gasteiger partial charge in [-0.1, -0.05) is 26.0 Å². The standard InChI is InChI=1S/C27H30N4O4S/c1-5-19-9-12-22(31-30-19)27(4)14-13-21-25(26(27)33)17(3)15-23(28-21)29-24(32)16-18-7-10-20(11-8-18)36(34,35)6-2/h7-12,15H,5-6,13-14,16H2,1-4H3,(H,28,29,32). The molecule has 9 heteroatoms. The Labute approximate surface area is 211 Å². The van der Waals surface area contributed by atoms with Crippen LogP contribution in [0.1, 0.15) is 65.8 Å². The molecule has 1 amide bonds. The molecule has 1 aromatic carbocycles. The van der Waals surface area contributed by atoms with Crippen molar-refractivity contribution < 1.29 is 18.0 Å². The quantitative estimate of drug-likeness (QED) is 0.518. The minimum Gasteiger partial charge on any atom is -0.310 e. The van der Waals surface area contributed by atoms with E-state index in [0.29, 0.717) is 41.2 Å². The first-order valence-corrected chi connectivity index (χ1v) is 13.7. The van der Waals surface area contributed by atoms with Gasteiger partial charge in [-0.15, -0.1) is 0 Å². The van der Waals surface area contributed by atoms with E-state index >= 15 is 0 Å². The van der Waals surface area contributed by atoms with Crippen molar-refractivity contribution >= 4 is 27.3 Å². The number of aryl methyl sites for hydroxylation is 3. The number of fused-ring (bicyclic) bond motifs is 1. The monoisotopic (exact) mass is 506 g/mol. The highest BCUT2D eigenvalue weighted by molar-refractivity contribution is 7.91. The first-order valence-electron chi connectivity index (χ1n) is 12.1. The molecule has 0 spiro atoms. The van der Waals surface area contributed by atoms with Crippen molar-refractivity contribution in [2.24, 2.45) is 0 Å². The molecule has 0 saturated heterocycles. The van der Waals surface area contributed by atoms with Crippen LogP contribution in [0.3, 0.4) is 0 Å². The summed E-state index contributed by atoms with van der Waals surface area (Å²) in [6, 6.07) is 11.8. The number of nitrogens with zero attached hydrogens (tertiary/aromatic N) is 3. The molecule has 3 aromatic rings. The summed E-state index contributed by atoms with van der Waals surface area (Å²) in [4.78, 5) is 31.0. The lowest BCUT2D eigenvalue weighted by Gasteiger charge is -2.33. The fourth-order valence-electron chi connectivity index (χ4n) is 4.49. The molecule has 4 rings (SSSR count). The number of benzene rings is 1. The fraction of sp³-hybridized carbons (Fsp3) is 0.370. The second-order valence-corrected chi connectivity index (χ2v) is 11.6. The minimum absolute atomic E-state index is 0.0242. The third kappa shape index (κ3) is 4.93. The van der Waals surface area contributed by atoms with Gasteiger partial charge in [-0.2, -0.15) is 10.2 Å². The summed E-state index contributed by atoms with van der Waals surface area (Å²) in [5.41, 5.74) is 3.45. The molecule has 36 heavy (non-hydrogen) atoms. The Kier molecular flexibility index (Phi) is 7.04. The number of amides is 1. The number of hydrogen-bond donors (Lipinski definition) is 1. The zero-order chi connectivity index (χ0) is 26.1. The summed E-state index contributed by atoms with van der Waals surface area (Å²) in [5.74, 6) is 0.111. The SMILES string of the molecule is CCc1ccc(C2(C)CCc3nc(NC(=O)Cc4ccc(S(=O)(=O)CC)cc4)cc(C)c3C2=O)nn1. The molecule has 2 aromatic heterocycles. The molecular formula is C27H30N4O4S. The summed E-state index contributed by atoms with van der Waals surface area (Å²) < 4.78 is 24.0. The second kappa shape index (κ2) is 9.89. The van der Waals surface area contributed by atoms with Crippen molar-refractivity contribution in [2.45, 2.75) is 63.7 Å². The number of hydrogen-bond acceptors (Lipinski definition) is 7. The molecule has 0 radical (unpaired) electrons. The van der Waals surface area contributed by atoms with Crippen LogP contribution in [0, 0.1) is 6.92 Å². The molecule has 2 heterocycles.